The Kier molecular flexibility index (Phi) is 23.0. The van der Waals surface area contributed by atoms with Gasteiger partial charge in [0.25, 0.3) is 0 Å². The molecule has 1 aliphatic heterocycles. The van der Waals surface area contributed by atoms with E-state index in [2.05, 4.69) is 40.4 Å². The molecule has 0 spiro atoms. The lowest BCUT2D eigenvalue weighted by Crippen LogP contribution is -2.33. The lowest BCUT2D eigenvalue weighted by molar-refractivity contribution is -0.189. The molecule has 0 radical (unpaired) electrons. The molecule has 4 N–H and O–H groups in total. The third kappa shape index (κ3) is 18.2. The zero-order valence-corrected chi connectivity index (χ0v) is 25.4. The van der Waals surface area contributed by atoms with Crippen molar-refractivity contribution in [2.75, 3.05) is 6.54 Å². The Balaban J connectivity index is -0.000000593. The summed E-state index contributed by atoms with van der Waals surface area (Å²) < 4.78 is 38.9. The summed E-state index contributed by atoms with van der Waals surface area (Å²) in [7, 11) is 0. The first kappa shape index (κ1) is 40.7. The maximum atomic E-state index is 13.0. The number of aryl methyl sites for hydroxylation is 1. The van der Waals surface area contributed by atoms with E-state index in [0.717, 1.165) is 19.4 Å². The first-order chi connectivity index (χ1) is 18.3. The van der Waals surface area contributed by atoms with Crippen LogP contribution in [0.5, 0.6) is 0 Å². The summed E-state index contributed by atoms with van der Waals surface area (Å²) in [5.41, 5.74) is -0.218. The van der Waals surface area contributed by atoms with Crippen LogP contribution >= 0.6 is 0 Å². The average Bonchev–Trinajstić information content (AvgIpc) is 3.60. The zero-order valence-electron chi connectivity index (χ0n) is 25.4. The second-order valence-corrected chi connectivity index (χ2v) is 9.16. The number of terminal acetylenes is 1. The normalized spacial score (nSPS) is 17.0. The molecule has 1 aliphatic carbocycles. The summed E-state index contributed by atoms with van der Waals surface area (Å²) in [6, 6.07) is -0.446. The summed E-state index contributed by atoms with van der Waals surface area (Å²) in [5, 5.41) is 12.1. The number of nitrogens with one attached hydrogen (secondary N) is 4. The van der Waals surface area contributed by atoms with E-state index >= 15 is 0 Å². The van der Waals surface area contributed by atoms with Crippen LogP contribution in [0.25, 0.3) is 0 Å². The van der Waals surface area contributed by atoms with Crippen molar-refractivity contribution in [1.29, 1.82) is 5.41 Å². The Labute approximate surface area is 234 Å². The largest absolute Gasteiger partial charge is 0.394 e. The number of hydrogen-bond acceptors (Lipinski definition) is 4. The molecular formula is C29H52F3N5O2. The predicted molar refractivity (Wildman–Crippen MR) is 155 cm³/mol. The van der Waals surface area contributed by atoms with E-state index < -0.39 is 17.6 Å². The van der Waals surface area contributed by atoms with Crippen LogP contribution in [-0.4, -0.2) is 40.2 Å². The van der Waals surface area contributed by atoms with Crippen LogP contribution in [0.15, 0.2) is 6.20 Å². The van der Waals surface area contributed by atoms with Gasteiger partial charge in [-0.1, -0.05) is 41.5 Å². The molecule has 2 heterocycles. The van der Waals surface area contributed by atoms with Gasteiger partial charge in [0, 0.05) is 25.1 Å². The van der Waals surface area contributed by atoms with E-state index in [1.165, 1.54) is 0 Å². The molecular weight excluding hydrogens is 507 g/mol. The number of aromatic nitrogens is 2. The second kappa shape index (κ2) is 22.0. The Hall–Kier alpha value is -2.83. The van der Waals surface area contributed by atoms with Crippen molar-refractivity contribution >= 4 is 17.5 Å². The molecule has 0 aromatic carbocycles. The number of aromatic amines is 1. The molecule has 1 aromatic heterocycles. The molecule has 10 heteroatoms. The van der Waals surface area contributed by atoms with Crippen molar-refractivity contribution in [3.8, 4) is 12.8 Å². The van der Waals surface area contributed by atoms with E-state index in [4.69, 9.17) is 5.41 Å². The van der Waals surface area contributed by atoms with Gasteiger partial charge >= 0.3 is 6.18 Å². The Morgan fingerprint density at radius 1 is 1.23 bits per heavy atom. The Morgan fingerprint density at radius 3 is 2.05 bits per heavy atom. The number of H-pyrrole nitrogens is 1. The molecule has 0 bridgehead atoms. The molecule has 2 atom stereocenters. The number of alkyl halides is 3. The van der Waals surface area contributed by atoms with E-state index in [-0.39, 0.29) is 37.5 Å². The molecule has 3 rings (SSSR count). The molecule has 2 aliphatic rings. The number of rotatable bonds is 6. The molecule has 2 fully saturated rings. The van der Waals surface area contributed by atoms with Gasteiger partial charge in [-0.25, -0.2) is 4.98 Å². The van der Waals surface area contributed by atoms with Crippen molar-refractivity contribution in [2.24, 2.45) is 11.3 Å². The number of carbonyl (C=O) groups excluding carboxylic acids is 2. The standard InChI is InChI=1S/C14H20F3N3O.C6H11NO.C3H7N.2C2H6.C2H2/c1-3-12(21)20-10(11-8-18-9(2)19-11)4-5-13(6-7-13)14(15,16)17;1-5-2-3-6(8)7-4-5;1-3(2)4;3*1-2/h8,10H,3-7H2,1-2H3,(H,18,19)(H,20,21);5H,2-4H2,1H3,(H,7,8);4H,1-2H3;2*1-2H3;1-2H. The fourth-order valence-corrected chi connectivity index (χ4v) is 3.32. The highest BCUT2D eigenvalue weighted by Gasteiger charge is 2.62. The minimum absolute atomic E-state index is 0.0310. The van der Waals surface area contributed by atoms with Crippen LogP contribution in [0.3, 0.4) is 0 Å². The van der Waals surface area contributed by atoms with Gasteiger partial charge in [0.2, 0.25) is 11.8 Å². The highest BCUT2D eigenvalue weighted by Crippen LogP contribution is 2.61. The van der Waals surface area contributed by atoms with Crippen molar-refractivity contribution in [1.82, 2.24) is 20.6 Å². The molecule has 7 nitrogen and oxygen atoms in total. The molecule has 1 saturated carbocycles. The maximum Gasteiger partial charge on any atom is 0.394 e. The van der Waals surface area contributed by atoms with Gasteiger partial charge < -0.3 is 21.0 Å². The molecule has 1 saturated heterocycles. The zero-order chi connectivity index (χ0) is 31.2. The summed E-state index contributed by atoms with van der Waals surface area (Å²) in [6.07, 6.45) is 8.16. The van der Waals surface area contributed by atoms with E-state index in [1.54, 1.807) is 33.9 Å². The molecule has 2 amide bonds. The van der Waals surface area contributed by atoms with Crippen LogP contribution in [0.4, 0.5) is 13.2 Å². The van der Waals surface area contributed by atoms with Crippen LogP contribution in [0.2, 0.25) is 0 Å². The Bertz CT molecular complexity index is 816. The van der Waals surface area contributed by atoms with Crippen LogP contribution < -0.4 is 10.6 Å². The predicted octanol–water partition coefficient (Wildman–Crippen LogP) is 7.29. The monoisotopic (exact) mass is 559 g/mol. The van der Waals surface area contributed by atoms with Gasteiger partial charge in [0.05, 0.1) is 23.3 Å². The topological polar surface area (TPSA) is 111 Å². The average molecular weight is 560 g/mol. The summed E-state index contributed by atoms with van der Waals surface area (Å²) in [4.78, 5) is 29.1. The molecule has 226 valence electrons. The van der Waals surface area contributed by atoms with Gasteiger partial charge in [-0.2, -0.15) is 13.2 Å². The summed E-state index contributed by atoms with van der Waals surface area (Å²) in [6.45, 7) is 18.0. The Morgan fingerprint density at radius 2 is 1.74 bits per heavy atom. The van der Waals surface area contributed by atoms with Crippen molar-refractivity contribution in [3.05, 3.63) is 17.7 Å². The quantitative estimate of drug-likeness (QED) is 0.217. The maximum absolute atomic E-state index is 13.0. The first-order valence-corrected chi connectivity index (χ1v) is 13.8. The second-order valence-electron chi connectivity index (χ2n) is 9.16. The van der Waals surface area contributed by atoms with Crippen molar-refractivity contribution in [2.45, 2.75) is 119 Å². The number of piperidine rings is 1. The van der Waals surface area contributed by atoms with E-state index in [1.807, 2.05) is 27.7 Å². The van der Waals surface area contributed by atoms with Gasteiger partial charge in [0.15, 0.2) is 0 Å². The SMILES string of the molecule is C#C.CC.CC.CC(C)=N.CC1CCC(=O)NC1.CCC(=O)NC(CCC1(C(F)(F)F)CC1)c1cnc(C)[nH]1. The first-order valence-electron chi connectivity index (χ1n) is 13.8. The lowest BCUT2D eigenvalue weighted by Gasteiger charge is -2.23. The van der Waals surface area contributed by atoms with Crippen molar-refractivity contribution in [3.63, 3.8) is 0 Å². The van der Waals surface area contributed by atoms with Gasteiger partial charge in [-0.15, -0.1) is 12.8 Å². The number of carbonyl (C=O) groups is 2. The summed E-state index contributed by atoms with van der Waals surface area (Å²) in [5.74, 6) is 1.40. The van der Waals surface area contributed by atoms with Gasteiger partial charge in [-0.3, -0.25) is 9.59 Å². The van der Waals surface area contributed by atoms with Gasteiger partial charge in [-0.05, 0) is 58.8 Å². The van der Waals surface area contributed by atoms with E-state index in [0.29, 0.717) is 29.6 Å². The third-order valence-electron chi connectivity index (χ3n) is 5.63. The number of halogens is 3. The van der Waals surface area contributed by atoms with Crippen LogP contribution in [0.1, 0.15) is 118 Å². The fourth-order valence-electron chi connectivity index (χ4n) is 3.32. The number of imidazole rings is 1. The minimum Gasteiger partial charge on any atom is -0.356 e. The third-order valence-corrected chi connectivity index (χ3v) is 5.63. The van der Waals surface area contributed by atoms with Crippen LogP contribution in [0, 0.1) is 36.5 Å². The molecule has 2 unspecified atom stereocenters. The van der Waals surface area contributed by atoms with Gasteiger partial charge in [0.1, 0.15) is 5.82 Å². The minimum atomic E-state index is -4.16. The smallest absolute Gasteiger partial charge is 0.356 e. The number of amides is 2. The molecule has 39 heavy (non-hydrogen) atoms. The highest BCUT2D eigenvalue weighted by atomic mass is 19.4. The number of nitrogens with zero attached hydrogens (tertiary/aromatic N) is 1. The lowest BCUT2D eigenvalue weighted by atomic mass is 9.95. The molecule has 1 aromatic rings. The fraction of sp³-hybridized carbons (Fsp3) is 0.724. The highest BCUT2D eigenvalue weighted by molar-refractivity contribution is 5.76. The summed E-state index contributed by atoms with van der Waals surface area (Å²) >= 11 is 0. The van der Waals surface area contributed by atoms with E-state index in [9.17, 15) is 22.8 Å². The number of hydrogen-bond donors (Lipinski definition) is 4. The van der Waals surface area contributed by atoms with Crippen LogP contribution in [-0.2, 0) is 9.59 Å². The van der Waals surface area contributed by atoms with Crippen molar-refractivity contribution < 1.29 is 22.8 Å².